The molecular formula is C29H36N6O4S. The molecule has 0 saturated carbocycles. The molecule has 0 radical (unpaired) electrons. The highest BCUT2D eigenvalue weighted by atomic mass is 32.2. The monoisotopic (exact) mass is 564 g/mol. The summed E-state index contributed by atoms with van der Waals surface area (Å²) < 4.78 is 0.270. The van der Waals surface area contributed by atoms with Gasteiger partial charge in [-0.25, -0.2) is 4.68 Å². The molecule has 3 amide bonds. The number of aliphatic hydroxyl groups is 1. The van der Waals surface area contributed by atoms with Gasteiger partial charge in [0.15, 0.2) is 0 Å². The summed E-state index contributed by atoms with van der Waals surface area (Å²) in [5.41, 5.74) is 1.59. The van der Waals surface area contributed by atoms with E-state index in [2.05, 4.69) is 22.5 Å². The lowest BCUT2D eigenvalue weighted by atomic mass is 9.74. The maximum atomic E-state index is 14.5. The Morgan fingerprint density at radius 1 is 0.975 bits per heavy atom. The Morgan fingerprint density at radius 2 is 1.75 bits per heavy atom. The third-order valence-corrected chi connectivity index (χ3v) is 10.7. The van der Waals surface area contributed by atoms with Crippen LogP contribution in [-0.4, -0.2) is 101 Å². The Hall–Kier alpha value is -3.18. The van der Waals surface area contributed by atoms with E-state index in [1.807, 2.05) is 43.3 Å². The number of hydrogen-bond acceptors (Lipinski definition) is 7. The standard InChI is InChI=1S/C29H36N6O4S/c1-28-13-9-15-32(2)25(37)22(28)23-26(38)34(17-7-3-4-8-18-36)24-27(39)33(16-10-14-29(23,24)40-28)19-35-21-12-6-5-11-20(21)30-31-35/h5-6,9-14,22-24,36H,3-4,7-8,15-19H2,1-2H3/t22-,23+,24?,28+,29+/m1/s1. The molecule has 4 aliphatic rings. The first kappa shape index (κ1) is 27.0. The number of likely N-dealkylation sites (N-methyl/N-ethyl adjacent to an activating group) is 1. The molecule has 1 spiro atoms. The predicted molar refractivity (Wildman–Crippen MR) is 152 cm³/mol. The van der Waals surface area contributed by atoms with Crippen molar-refractivity contribution in [1.29, 1.82) is 0 Å². The Bertz CT molecular complexity index is 1390. The molecule has 212 valence electrons. The zero-order valence-electron chi connectivity index (χ0n) is 23.0. The molecule has 2 aromatic rings. The van der Waals surface area contributed by atoms with Gasteiger partial charge in [0, 0.05) is 38.0 Å². The van der Waals surface area contributed by atoms with E-state index < -0.39 is 27.4 Å². The molecule has 5 atom stereocenters. The number of aliphatic hydroxyl groups excluding tert-OH is 1. The van der Waals surface area contributed by atoms with Crippen LogP contribution in [0.15, 0.2) is 48.6 Å². The summed E-state index contributed by atoms with van der Waals surface area (Å²) in [4.78, 5) is 47.8. The molecule has 40 heavy (non-hydrogen) atoms. The molecule has 4 aliphatic heterocycles. The number of likely N-dealkylation sites (tertiary alicyclic amines) is 1. The number of nitrogens with zero attached hydrogens (tertiary/aromatic N) is 6. The first-order valence-electron chi connectivity index (χ1n) is 14.1. The molecule has 10 nitrogen and oxygen atoms in total. The normalized spacial score (nSPS) is 31.5. The molecule has 0 aliphatic carbocycles. The summed E-state index contributed by atoms with van der Waals surface area (Å²) >= 11 is 1.60. The number of rotatable bonds is 8. The van der Waals surface area contributed by atoms with Crippen molar-refractivity contribution in [2.45, 2.75) is 54.8 Å². The summed E-state index contributed by atoms with van der Waals surface area (Å²) in [5, 5.41) is 17.7. The van der Waals surface area contributed by atoms with Crippen molar-refractivity contribution in [1.82, 2.24) is 29.7 Å². The number of unbranched alkanes of at least 4 members (excludes halogenated alkanes) is 3. The Kier molecular flexibility index (Phi) is 6.98. The number of amides is 3. The molecule has 1 N–H and O–H groups in total. The van der Waals surface area contributed by atoms with E-state index in [0.717, 1.165) is 30.3 Å². The first-order chi connectivity index (χ1) is 19.3. The van der Waals surface area contributed by atoms with Crippen molar-refractivity contribution < 1.29 is 19.5 Å². The third-order valence-electron chi connectivity index (χ3n) is 8.87. The van der Waals surface area contributed by atoms with Crippen LogP contribution in [-0.2, 0) is 21.1 Å². The van der Waals surface area contributed by atoms with Crippen LogP contribution < -0.4 is 0 Å². The van der Waals surface area contributed by atoms with Crippen molar-refractivity contribution in [3.63, 3.8) is 0 Å². The largest absolute Gasteiger partial charge is 0.396 e. The summed E-state index contributed by atoms with van der Waals surface area (Å²) in [6, 6.07) is 6.91. The number of carbonyl (C=O) groups excluding carboxylic acids is 3. The average Bonchev–Trinajstić information content (AvgIpc) is 3.47. The van der Waals surface area contributed by atoms with Gasteiger partial charge in [-0.1, -0.05) is 54.5 Å². The number of carbonyl (C=O) groups is 3. The van der Waals surface area contributed by atoms with E-state index in [4.69, 9.17) is 0 Å². The van der Waals surface area contributed by atoms with Gasteiger partial charge in [-0.2, -0.15) is 0 Å². The summed E-state index contributed by atoms with van der Waals surface area (Å²) in [7, 11) is 1.78. The van der Waals surface area contributed by atoms with Gasteiger partial charge >= 0.3 is 0 Å². The lowest BCUT2D eigenvalue weighted by Gasteiger charge is -2.36. The third kappa shape index (κ3) is 4.16. The van der Waals surface area contributed by atoms with Gasteiger partial charge in [0.25, 0.3) is 0 Å². The zero-order valence-corrected chi connectivity index (χ0v) is 23.8. The van der Waals surface area contributed by atoms with E-state index in [1.54, 1.807) is 38.2 Å². The molecule has 11 heteroatoms. The van der Waals surface area contributed by atoms with Gasteiger partial charge in [0.1, 0.15) is 18.2 Å². The highest BCUT2D eigenvalue weighted by molar-refractivity contribution is 8.02. The first-order valence-corrected chi connectivity index (χ1v) is 14.9. The molecule has 1 aromatic heterocycles. The minimum Gasteiger partial charge on any atom is -0.396 e. The Balaban J connectivity index is 1.38. The van der Waals surface area contributed by atoms with Crippen LogP contribution in [0, 0.1) is 11.8 Å². The van der Waals surface area contributed by atoms with Crippen molar-refractivity contribution >= 4 is 40.5 Å². The van der Waals surface area contributed by atoms with Crippen LogP contribution in [0.5, 0.6) is 0 Å². The zero-order chi connectivity index (χ0) is 28.1. The second-order valence-electron chi connectivity index (χ2n) is 11.5. The van der Waals surface area contributed by atoms with E-state index in [0.29, 0.717) is 26.1 Å². The van der Waals surface area contributed by atoms with Crippen molar-refractivity contribution in [2.75, 3.05) is 33.3 Å². The van der Waals surface area contributed by atoms with Gasteiger partial charge < -0.3 is 19.8 Å². The molecular weight excluding hydrogens is 528 g/mol. The van der Waals surface area contributed by atoms with Gasteiger partial charge in [-0.3, -0.25) is 14.4 Å². The molecule has 5 heterocycles. The highest BCUT2D eigenvalue weighted by Gasteiger charge is 2.73. The average molecular weight is 565 g/mol. The maximum absolute atomic E-state index is 14.5. The van der Waals surface area contributed by atoms with E-state index in [-0.39, 0.29) is 31.0 Å². The SMILES string of the molecule is CN1CC=C[C@]2(C)S[C@]34C=CCN(Cn5nnc6ccccc65)C(=O)C3N(CCCCCCO)C(=O)[C@@H]4[C@@H]2C1=O. The smallest absolute Gasteiger partial charge is 0.248 e. The van der Waals surface area contributed by atoms with Gasteiger partial charge in [0.2, 0.25) is 17.7 Å². The summed E-state index contributed by atoms with van der Waals surface area (Å²) in [5.74, 6) is -1.48. The number of thioether (sulfide) groups is 1. The fourth-order valence-corrected chi connectivity index (χ4v) is 9.15. The van der Waals surface area contributed by atoms with Crippen LogP contribution in [0.4, 0.5) is 0 Å². The molecule has 2 fully saturated rings. The fraction of sp³-hybridized carbons (Fsp3) is 0.552. The van der Waals surface area contributed by atoms with E-state index >= 15 is 0 Å². The quantitative estimate of drug-likeness (QED) is 0.386. The van der Waals surface area contributed by atoms with E-state index in [1.165, 1.54) is 0 Å². The number of aromatic nitrogens is 3. The van der Waals surface area contributed by atoms with Crippen LogP contribution in [0.2, 0.25) is 0 Å². The van der Waals surface area contributed by atoms with Crippen LogP contribution in [0.25, 0.3) is 11.0 Å². The van der Waals surface area contributed by atoms with Gasteiger partial charge in [-0.05, 0) is 31.9 Å². The number of benzene rings is 1. The van der Waals surface area contributed by atoms with Crippen LogP contribution >= 0.6 is 11.8 Å². The highest BCUT2D eigenvalue weighted by Crippen LogP contribution is 2.65. The second kappa shape index (κ2) is 10.3. The van der Waals surface area contributed by atoms with Crippen molar-refractivity contribution in [2.24, 2.45) is 11.8 Å². The lowest BCUT2D eigenvalue weighted by molar-refractivity contribution is -0.145. The lowest BCUT2D eigenvalue weighted by Crippen LogP contribution is -2.53. The minimum absolute atomic E-state index is 0.0465. The topological polar surface area (TPSA) is 112 Å². The van der Waals surface area contributed by atoms with Crippen LogP contribution in [0.1, 0.15) is 32.6 Å². The number of fused-ring (bicyclic) bond motifs is 3. The minimum atomic E-state index is -0.851. The number of para-hydroxylation sites is 1. The molecule has 2 saturated heterocycles. The van der Waals surface area contributed by atoms with Crippen molar-refractivity contribution in [3.05, 3.63) is 48.6 Å². The molecule has 0 bridgehead atoms. The van der Waals surface area contributed by atoms with Crippen LogP contribution in [0.3, 0.4) is 0 Å². The second-order valence-corrected chi connectivity index (χ2v) is 13.3. The van der Waals surface area contributed by atoms with E-state index in [9.17, 15) is 19.5 Å². The Morgan fingerprint density at radius 3 is 2.58 bits per heavy atom. The molecule has 1 aromatic carbocycles. The molecule has 6 rings (SSSR count). The summed E-state index contributed by atoms with van der Waals surface area (Å²) in [6.07, 6.45) is 11.3. The number of hydrogen-bond donors (Lipinski definition) is 1. The maximum Gasteiger partial charge on any atom is 0.248 e. The Labute approximate surface area is 238 Å². The molecule has 1 unspecified atom stereocenters. The van der Waals surface area contributed by atoms with Crippen molar-refractivity contribution in [3.8, 4) is 0 Å². The van der Waals surface area contributed by atoms with Gasteiger partial charge in [-0.15, -0.1) is 16.9 Å². The summed E-state index contributed by atoms with van der Waals surface area (Å²) in [6.45, 7) is 3.72. The predicted octanol–water partition coefficient (Wildman–Crippen LogP) is 2.06. The van der Waals surface area contributed by atoms with Gasteiger partial charge in [0.05, 0.1) is 22.1 Å². The fourth-order valence-electron chi connectivity index (χ4n) is 6.99.